The molecule has 0 spiro atoms. The third-order valence-electron chi connectivity index (χ3n) is 4.77. The Hall–Kier alpha value is -2.23. The standard InChI is InChI=1S/C15H23N5O8S2/c1-3-17-5-6-18(14(24)13(17)23)15(25)20(11(21)9(16)4-7-29-2)10-8-19(12(10)22)30(26,27)28/h9-10H,3-8,16H2,1-2H3,(H,26,27,28)/t9-,10?/m1/s1. The van der Waals surface area contributed by atoms with Gasteiger partial charge in [-0.3, -0.25) is 28.6 Å². The van der Waals surface area contributed by atoms with Gasteiger partial charge in [0.15, 0.2) is 0 Å². The number of nitrogens with two attached hydrogens (primary N) is 1. The van der Waals surface area contributed by atoms with Crippen molar-refractivity contribution in [3.8, 4) is 0 Å². The number of carbonyl (C=O) groups is 5. The Kier molecular flexibility index (Phi) is 7.44. The van der Waals surface area contributed by atoms with Crippen molar-refractivity contribution in [1.29, 1.82) is 0 Å². The highest BCUT2D eigenvalue weighted by Crippen LogP contribution is 2.23. The van der Waals surface area contributed by atoms with E-state index in [1.165, 1.54) is 16.7 Å². The second kappa shape index (κ2) is 9.28. The Morgan fingerprint density at radius 2 is 1.90 bits per heavy atom. The van der Waals surface area contributed by atoms with Crippen molar-refractivity contribution >= 4 is 51.7 Å². The third-order valence-corrected chi connectivity index (χ3v) is 6.30. The van der Waals surface area contributed by atoms with Crippen LogP contribution in [0, 0.1) is 0 Å². The smallest absolute Gasteiger partial charge is 0.333 e. The summed E-state index contributed by atoms with van der Waals surface area (Å²) < 4.78 is 31.5. The minimum Gasteiger partial charge on any atom is -0.333 e. The molecule has 1 unspecified atom stereocenters. The fourth-order valence-corrected chi connectivity index (χ4v) is 4.16. The van der Waals surface area contributed by atoms with Crippen molar-refractivity contribution < 1.29 is 36.9 Å². The van der Waals surface area contributed by atoms with Crippen LogP contribution >= 0.6 is 11.8 Å². The number of piperazine rings is 1. The molecule has 0 aliphatic carbocycles. The number of imide groups is 2. The summed E-state index contributed by atoms with van der Waals surface area (Å²) in [6, 6.07) is -4.00. The van der Waals surface area contributed by atoms with Crippen LogP contribution < -0.4 is 5.73 Å². The summed E-state index contributed by atoms with van der Waals surface area (Å²) in [4.78, 5) is 64.7. The Balaban J connectivity index is 2.31. The van der Waals surface area contributed by atoms with Crippen LogP contribution in [0.1, 0.15) is 13.3 Å². The van der Waals surface area contributed by atoms with E-state index in [-0.39, 0.29) is 30.4 Å². The largest absolute Gasteiger partial charge is 0.362 e. The minimum absolute atomic E-state index is 0.0448. The number of thioether (sulfide) groups is 1. The van der Waals surface area contributed by atoms with E-state index in [0.29, 0.717) is 15.6 Å². The zero-order chi connectivity index (χ0) is 22.8. The van der Waals surface area contributed by atoms with Crippen molar-refractivity contribution in [2.45, 2.75) is 25.4 Å². The van der Waals surface area contributed by atoms with Gasteiger partial charge in [-0.05, 0) is 25.4 Å². The van der Waals surface area contributed by atoms with E-state index < -0.39 is 58.6 Å². The van der Waals surface area contributed by atoms with Crippen molar-refractivity contribution in [3.63, 3.8) is 0 Å². The highest BCUT2D eigenvalue weighted by Gasteiger charge is 2.53. The average Bonchev–Trinajstić information content (AvgIpc) is 2.68. The van der Waals surface area contributed by atoms with Gasteiger partial charge in [-0.1, -0.05) is 0 Å². The number of hydrogen-bond acceptors (Lipinski definition) is 9. The Morgan fingerprint density at radius 3 is 2.40 bits per heavy atom. The van der Waals surface area contributed by atoms with Crippen LogP contribution in [-0.2, 0) is 29.5 Å². The maximum Gasteiger partial charge on any atom is 0.362 e. The number of carbonyl (C=O) groups excluding carboxylic acids is 5. The molecule has 0 aromatic heterocycles. The summed E-state index contributed by atoms with van der Waals surface area (Å²) in [5, 5.41) is 0. The van der Waals surface area contributed by atoms with Gasteiger partial charge in [0.1, 0.15) is 6.04 Å². The predicted octanol–water partition coefficient (Wildman–Crippen LogP) is -2.28. The molecule has 6 amide bonds. The molecular formula is C15H23N5O8S2. The van der Waals surface area contributed by atoms with Crippen LogP contribution in [0.4, 0.5) is 4.79 Å². The van der Waals surface area contributed by atoms with E-state index >= 15 is 0 Å². The summed E-state index contributed by atoms with van der Waals surface area (Å²) in [6.07, 6.45) is 1.93. The molecular weight excluding hydrogens is 442 g/mol. The van der Waals surface area contributed by atoms with E-state index in [4.69, 9.17) is 10.3 Å². The molecule has 15 heteroatoms. The summed E-state index contributed by atoms with van der Waals surface area (Å²) in [7, 11) is -4.86. The number of amides is 6. The van der Waals surface area contributed by atoms with E-state index in [0.717, 1.165) is 0 Å². The summed E-state index contributed by atoms with van der Waals surface area (Å²) in [5.74, 6) is -3.84. The van der Waals surface area contributed by atoms with Gasteiger partial charge in [-0.2, -0.15) is 20.2 Å². The van der Waals surface area contributed by atoms with Crippen molar-refractivity contribution in [3.05, 3.63) is 0 Å². The van der Waals surface area contributed by atoms with Gasteiger partial charge in [0.25, 0.3) is 5.91 Å². The topological polar surface area (TPSA) is 179 Å². The average molecular weight is 466 g/mol. The van der Waals surface area contributed by atoms with Crippen LogP contribution in [0.25, 0.3) is 0 Å². The first-order valence-electron chi connectivity index (χ1n) is 8.97. The molecule has 2 heterocycles. The van der Waals surface area contributed by atoms with Crippen LogP contribution in [0.5, 0.6) is 0 Å². The molecule has 2 rings (SSSR count). The molecule has 30 heavy (non-hydrogen) atoms. The lowest BCUT2D eigenvalue weighted by Crippen LogP contribution is -2.71. The molecule has 2 fully saturated rings. The molecule has 13 nitrogen and oxygen atoms in total. The molecule has 0 saturated carbocycles. The van der Waals surface area contributed by atoms with Crippen molar-refractivity contribution in [2.24, 2.45) is 5.73 Å². The van der Waals surface area contributed by atoms with Gasteiger partial charge >= 0.3 is 28.1 Å². The van der Waals surface area contributed by atoms with Gasteiger partial charge in [-0.15, -0.1) is 0 Å². The van der Waals surface area contributed by atoms with Gasteiger partial charge in [-0.25, -0.2) is 14.0 Å². The number of hydrogen-bond donors (Lipinski definition) is 2. The van der Waals surface area contributed by atoms with E-state index in [9.17, 15) is 32.4 Å². The number of urea groups is 1. The molecule has 0 radical (unpaired) electrons. The van der Waals surface area contributed by atoms with Crippen molar-refractivity contribution in [2.75, 3.05) is 38.2 Å². The number of likely N-dealkylation sites (N-methyl/N-ethyl adjacent to an activating group) is 1. The first-order valence-corrected chi connectivity index (χ1v) is 11.8. The molecule has 0 aromatic rings. The van der Waals surface area contributed by atoms with E-state index in [1.54, 1.807) is 13.2 Å². The zero-order valence-corrected chi connectivity index (χ0v) is 18.0. The number of nitrogens with zero attached hydrogens (tertiary/aromatic N) is 4. The summed E-state index contributed by atoms with van der Waals surface area (Å²) >= 11 is 1.39. The lowest BCUT2D eigenvalue weighted by atomic mass is 10.1. The molecule has 3 N–H and O–H groups in total. The first-order chi connectivity index (χ1) is 13.9. The lowest BCUT2D eigenvalue weighted by Gasteiger charge is -2.43. The molecule has 0 aromatic carbocycles. The molecule has 2 aliphatic heterocycles. The molecule has 0 bridgehead atoms. The third kappa shape index (κ3) is 4.58. The summed E-state index contributed by atoms with van der Waals surface area (Å²) in [6.45, 7) is 1.06. The molecule has 2 saturated heterocycles. The Bertz CT molecular complexity index is 863. The highest BCUT2D eigenvalue weighted by atomic mass is 32.2. The van der Waals surface area contributed by atoms with Crippen LogP contribution in [0.3, 0.4) is 0 Å². The van der Waals surface area contributed by atoms with Crippen LogP contribution in [0.15, 0.2) is 0 Å². The lowest BCUT2D eigenvalue weighted by molar-refractivity contribution is -0.156. The fraction of sp³-hybridized carbons (Fsp3) is 0.667. The Labute approximate surface area is 177 Å². The van der Waals surface area contributed by atoms with Gasteiger partial charge in [0, 0.05) is 19.6 Å². The van der Waals surface area contributed by atoms with Gasteiger partial charge < -0.3 is 10.6 Å². The quantitative estimate of drug-likeness (QED) is 0.236. The maximum atomic E-state index is 13.0. The zero-order valence-electron chi connectivity index (χ0n) is 16.4. The minimum atomic E-state index is -4.86. The SMILES string of the molecule is CCN1CCN(C(=O)N(C(=O)[C@H](N)CCSC)C2CN(S(=O)(=O)O)C2=O)C(=O)C1=O. The van der Waals surface area contributed by atoms with Crippen LogP contribution in [-0.4, -0.2) is 112 Å². The normalized spacial score (nSPS) is 20.9. The monoisotopic (exact) mass is 465 g/mol. The van der Waals surface area contributed by atoms with E-state index in [1.807, 2.05) is 0 Å². The van der Waals surface area contributed by atoms with Crippen LogP contribution in [0.2, 0.25) is 0 Å². The Morgan fingerprint density at radius 1 is 1.27 bits per heavy atom. The van der Waals surface area contributed by atoms with Gasteiger partial charge in [0.05, 0.1) is 12.6 Å². The number of rotatable bonds is 7. The molecule has 2 atom stereocenters. The maximum absolute atomic E-state index is 13.0. The second-order valence-electron chi connectivity index (χ2n) is 6.58. The first kappa shape index (κ1) is 24.0. The second-order valence-corrected chi connectivity index (χ2v) is 8.91. The van der Waals surface area contributed by atoms with Crippen molar-refractivity contribution in [1.82, 2.24) is 19.0 Å². The number of β-lactam (4-membered cyclic amide) rings is 1. The molecule has 168 valence electrons. The fourth-order valence-electron chi connectivity index (χ4n) is 3.00. The molecule has 2 aliphatic rings. The predicted molar refractivity (Wildman–Crippen MR) is 104 cm³/mol. The summed E-state index contributed by atoms with van der Waals surface area (Å²) in [5.41, 5.74) is 5.83. The highest BCUT2D eigenvalue weighted by molar-refractivity contribution is 7.98. The van der Waals surface area contributed by atoms with E-state index in [2.05, 4.69) is 0 Å². The van der Waals surface area contributed by atoms with Gasteiger partial charge in [0.2, 0.25) is 5.91 Å².